The molecule has 0 spiro atoms. The van der Waals surface area contributed by atoms with E-state index in [4.69, 9.17) is 4.74 Å². The van der Waals surface area contributed by atoms with E-state index in [1.54, 1.807) is 0 Å². The van der Waals surface area contributed by atoms with Gasteiger partial charge in [0.1, 0.15) is 0 Å². The van der Waals surface area contributed by atoms with Gasteiger partial charge in [-0.25, -0.2) is 0 Å². The van der Waals surface area contributed by atoms with Crippen molar-refractivity contribution in [2.75, 3.05) is 52.9 Å². The summed E-state index contributed by atoms with van der Waals surface area (Å²) in [4.78, 5) is 19.1. The molecule has 0 aromatic heterocycles. The first-order chi connectivity index (χ1) is 10.0. The van der Waals surface area contributed by atoms with Gasteiger partial charge in [0.15, 0.2) is 0 Å². The summed E-state index contributed by atoms with van der Waals surface area (Å²) in [6.07, 6.45) is 3.00. The zero-order valence-electron chi connectivity index (χ0n) is 13.9. The topological polar surface area (TPSA) is 36.0 Å². The number of carbonyl (C=O) groups excluding carboxylic acids is 1. The minimum atomic E-state index is -0.0637. The molecule has 0 atom stereocenters. The van der Waals surface area contributed by atoms with Crippen molar-refractivity contribution in [1.29, 1.82) is 0 Å². The third-order valence-corrected chi connectivity index (χ3v) is 4.61. The van der Waals surface area contributed by atoms with E-state index in [9.17, 15) is 4.79 Å². The lowest BCUT2D eigenvalue weighted by atomic mass is 10.0. The molecule has 0 bridgehead atoms. The normalized spacial score (nSPS) is 23.6. The van der Waals surface area contributed by atoms with E-state index in [-0.39, 0.29) is 12.1 Å². The van der Waals surface area contributed by atoms with Crippen LogP contribution >= 0.6 is 0 Å². The molecule has 0 radical (unpaired) electrons. The van der Waals surface area contributed by atoms with Crippen molar-refractivity contribution in [3.8, 4) is 0 Å². The monoisotopic (exact) mass is 297 g/mol. The number of piperidine rings is 1. The zero-order valence-corrected chi connectivity index (χ0v) is 13.9. The van der Waals surface area contributed by atoms with Crippen LogP contribution in [0.2, 0.25) is 0 Å². The molecule has 0 aromatic carbocycles. The van der Waals surface area contributed by atoms with Gasteiger partial charge < -0.3 is 14.5 Å². The van der Waals surface area contributed by atoms with Gasteiger partial charge in [-0.3, -0.25) is 9.69 Å². The van der Waals surface area contributed by atoms with Gasteiger partial charge in [-0.2, -0.15) is 0 Å². The van der Waals surface area contributed by atoms with Crippen LogP contribution in [0.4, 0.5) is 0 Å². The fourth-order valence-electron chi connectivity index (χ4n) is 3.27. The maximum Gasteiger partial charge on any atom is 0.307 e. The summed E-state index contributed by atoms with van der Waals surface area (Å²) in [7, 11) is 2.20. The van der Waals surface area contributed by atoms with Gasteiger partial charge in [-0.15, -0.1) is 0 Å². The van der Waals surface area contributed by atoms with Crippen molar-refractivity contribution < 1.29 is 9.53 Å². The van der Waals surface area contributed by atoms with Gasteiger partial charge >= 0.3 is 5.97 Å². The van der Waals surface area contributed by atoms with Crippen molar-refractivity contribution in [2.24, 2.45) is 0 Å². The van der Waals surface area contributed by atoms with Crippen molar-refractivity contribution in [3.05, 3.63) is 0 Å². The summed E-state index contributed by atoms with van der Waals surface area (Å²) in [5.74, 6) is -0.0637. The van der Waals surface area contributed by atoms with E-state index < -0.39 is 0 Å². The molecule has 5 heteroatoms. The molecule has 2 aliphatic heterocycles. The number of hydrogen-bond donors (Lipinski definition) is 0. The second kappa shape index (κ2) is 8.11. The van der Waals surface area contributed by atoms with E-state index in [1.165, 1.54) is 39.0 Å². The summed E-state index contributed by atoms with van der Waals surface area (Å²) in [5, 5.41) is 0. The molecule has 0 N–H and O–H groups in total. The second-order valence-corrected chi connectivity index (χ2v) is 6.70. The molecule has 0 aliphatic carbocycles. The van der Waals surface area contributed by atoms with Gasteiger partial charge in [0.05, 0.1) is 12.5 Å². The number of likely N-dealkylation sites (tertiary alicyclic amines) is 1. The molecule has 2 aliphatic rings. The second-order valence-electron chi connectivity index (χ2n) is 6.70. The van der Waals surface area contributed by atoms with Crippen LogP contribution in [0.15, 0.2) is 0 Å². The lowest BCUT2D eigenvalue weighted by Gasteiger charge is -2.42. The Hall–Kier alpha value is -0.650. The van der Waals surface area contributed by atoms with Gasteiger partial charge in [0.2, 0.25) is 0 Å². The number of hydrogen-bond acceptors (Lipinski definition) is 5. The molecule has 122 valence electrons. The molecule has 0 amide bonds. The Morgan fingerprint density at radius 1 is 1.10 bits per heavy atom. The predicted octanol–water partition coefficient (Wildman–Crippen LogP) is 1.04. The van der Waals surface area contributed by atoms with E-state index in [2.05, 4.69) is 21.7 Å². The fourth-order valence-corrected chi connectivity index (χ4v) is 3.27. The Bertz CT molecular complexity index is 319. The number of nitrogens with zero attached hydrogens (tertiary/aromatic N) is 3. The summed E-state index contributed by atoms with van der Waals surface area (Å²) in [5.41, 5.74) is 0. The highest BCUT2D eigenvalue weighted by molar-refractivity contribution is 5.69. The van der Waals surface area contributed by atoms with Crippen LogP contribution in [0.5, 0.6) is 0 Å². The highest BCUT2D eigenvalue weighted by atomic mass is 16.5. The third-order valence-electron chi connectivity index (χ3n) is 4.61. The standard InChI is InChI=1S/C16H31N3O2/c1-14(2)21-16(20)6-9-18-7-4-15(5-8-18)19-12-10-17(3)11-13-19/h14-15H,4-13H2,1-3H3. The summed E-state index contributed by atoms with van der Waals surface area (Å²) >= 11 is 0. The molecular formula is C16H31N3O2. The Kier molecular flexibility index (Phi) is 6.45. The molecule has 2 saturated heterocycles. The van der Waals surface area contributed by atoms with Crippen LogP contribution in [0.3, 0.4) is 0 Å². The molecule has 21 heavy (non-hydrogen) atoms. The van der Waals surface area contributed by atoms with E-state index >= 15 is 0 Å². The maximum atomic E-state index is 11.6. The number of ether oxygens (including phenoxy) is 1. The van der Waals surface area contributed by atoms with E-state index in [0.29, 0.717) is 6.42 Å². The number of esters is 1. The van der Waals surface area contributed by atoms with Crippen LogP contribution in [-0.2, 0) is 9.53 Å². The predicted molar refractivity (Wildman–Crippen MR) is 84.4 cm³/mol. The highest BCUT2D eigenvalue weighted by Gasteiger charge is 2.26. The van der Waals surface area contributed by atoms with Crippen molar-refractivity contribution in [3.63, 3.8) is 0 Å². The Balaban J connectivity index is 1.63. The Morgan fingerprint density at radius 2 is 1.71 bits per heavy atom. The Morgan fingerprint density at radius 3 is 2.29 bits per heavy atom. The van der Waals surface area contributed by atoms with E-state index in [0.717, 1.165) is 25.7 Å². The van der Waals surface area contributed by atoms with Crippen LogP contribution in [0, 0.1) is 0 Å². The molecule has 0 unspecified atom stereocenters. The van der Waals surface area contributed by atoms with Gasteiger partial charge in [0, 0.05) is 38.8 Å². The number of rotatable bonds is 5. The van der Waals surface area contributed by atoms with Crippen LogP contribution < -0.4 is 0 Å². The lowest BCUT2D eigenvalue weighted by molar-refractivity contribution is -0.147. The summed E-state index contributed by atoms with van der Waals surface area (Å²) in [6.45, 7) is 11.7. The van der Waals surface area contributed by atoms with Gasteiger partial charge in [-0.05, 0) is 46.8 Å². The third kappa shape index (κ3) is 5.57. The molecule has 0 saturated carbocycles. The fraction of sp³-hybridized carbons (Fsp3) is 0.938. The quantitative estimate of drug-likeness (QED) is 0.709. The average Bonchev–Trinajstić information content (AvgIpc) is 2.46. The lowest BCUT2D eigenvalue weighted by Crippen LogP contribution is -2.52. The van der Waals surface area contributed by atoms with E-state index in [1.807, 2.05) is 13.8 Å². The molecule has 2 heterocycles. The molecular weight excluding hydrogens is 266 g/mol. The first-order valence-electron chi connectivity index (χ1n) is 8.39. The maximum absolute atomic E-state index is 11.6. The largest absolute Gasteiger partial charge is 0.463 e. The van der Waals surface area contributed by atoms with Gasteiger partial charge in [-0.1, -0.05) is 0 Å². The van der Waals surface area contributed by atoms with Crippen LogP contribution in [-0.4, -0.2) is 85.7 Å². The number of likely N-dealkylation sites (N-methyl/N-ethyl adjacent to an activating group) is 1. The number of piperazine rings is 1. The molecule has 2 fully saturated rings. The minimum absolute atomic E-state index is 0.000434. The van der Waals surface area contributed by atoms with Crippen molar-refractivity contribution in [2.45, 2.75) is 45.3 Å². The molecule has 2 rings (SSSR count). The van der Waals surface area contributed by atoms with Gasteiger partial charge in [0.25, 0.3) is 0 Å². The van der Waals surface area contributed by atoms with Crippen LogP contribution in [0.1, 0.15) is 33.1 Å². The van der Waals surface area contributed by atoms with Crippen LogP contribution in [0.25, 0.3) is 0 Å². The average molecular weight is 297 g/mol. The van der Waals surface area contributed by atoms with Crippen molar-refractivity contribution >= 4 is 5.97 Å². The number of carbonyl (C=O) groups is 1. The zero-order chi connectivity index (χ0) is 15.2. The Labute approximate surface area is 129 Å². The molecule has 5 nitrogen and oxygen atoms in total. The first-order valence-corrected chi connectivity index (χ1v) is 8.39. The summed E-state index contributed by atoms with van der Waals surface area (Å²) < 4.78 is 5.19. The highest BCUT2D eigenvalue weighted by Crippen LogP contribution is 2.18. The minimum Gasteiger partial charge on any atom is -0.463 e. The molecule has 0 aromatic rings. The SMILES string of the molecule is CC(C)OC(=O)CCN1CCC(N2CCN(C)CC2)CC1. The summed E-state index contributed by atoms with van der Waals surface area (Å²) in [6, 6.07) is 0.748. The van der Waals surface area contributed by atoms with Crippen molar-refractivity contribution in [1.82, 2.24) is 14.7 Å². The smallest absolute Gasteiger partial charge is 0.307 e. The first kappa shape index (κ1) is 16.7.